The first kappa shape index (κ1) is 17.5. The molecule has 0 saturated carbocycles. The van der Waals surface area contributed by atoms with Gasteiger partial charge in [-0.2, -0.15) is 14.9 Å². The van der Waals surface area contributed by atoms with Crippen LogP contribution < -0.4 is 10.3 Å². The quantitative estimate of drug-likeness (QED) is 0.581. The molecule has 1 heterocycles. The van der Waals surface area contributed by atoms with E-state index in [1.54, 1.807) is 12.1 Å². The number of rotatable bonds is 7. The first-order chi connectivity index (χ1) is 11.5. The maximum atomic E-state index is 12.3. The van der Waals surface area contributed by atoms with Crippen molar-refractivity contribution in [2.24, 2.45) is 5.10 Å². The van der Waals surface area contributed by atoms with Gasteiger partial charge in [0.2, 0.25) is 4.77 Å². The van der Waals surface area contributed by atoms with Crippen molar-refractivity contribution < 1.29 is 14.6 Å². The van der Waals surface area contributed by atoms with E-state index >= 15 is 0 Å². The number of carbonyl (C=O) groups is 1. The van der Waals surface area contributed by atoms with Gasteiger partial charge in [-0.1, -0.05) is 12.1 Å². The number of aryl methyl sites for hydroxylation is 1. The molecule has 0 unspecified atom stereocenters. The summed E-state index contributed by atoms with van der Waals surface area (Å²) >= 11 is 5.02. The van der Waals surface area contributed by atoms with Crippen LogP contribution in [0, 0.1) is 4.77 Å². The number of hydrogen-bond donors (Lipinski definition) is 2. The van der Waals surface area contributed by atoms with Crippen LogP contribution >= 0.6 is 12.2 Å². The van der Waals surface area contributed by atoms with Gasteiger partial charge in [-0.05, 0) is 31.3 Å². The Kier molecular flexibility index (Phi) is 5.96. The summed E-state index contributed by atoms with van der Waals surface area (Å²) < 4.78 is 6.48. The highest BCUT2D eigenvalue weighted by molar-refractivity contribution is 7.71. The SMILES string of the molecule is CCOc1ccccc1/C=N\n1c(=S)[nH]nc(CCC(=O)O)c1=O. The number of nitrogens with zero attached hydrogens (tertiary/aromatic N) is 3. The monoisotopic (exact) mass is 348 g/mol. The Morgan fingerprint density at radius 2 is 2.25 bits per heavy atom. The fraction of sp³-hybridized carbons (Fsp3) is 0.267. The van der Waals surface area contributed by atoms with Crippen LogP contribution in [0.25, 0.3) is 0 Å². The summed E-state index contributed by atoms with van der Waals surface area (Å²) in [5.41, 5.74) is 0.191. The van der Waals surface area contributed by atoms with E-state index in [0.29, 0.717) is 17.9 Å². The summed E-state index contributed by atoms with van der Waals surface area (Å²) in [6.07, 6.45) is 1.24. The van der Waals surface area contributed by atoms with E-state index in [2.05, 4.69) is 15.3 Å². The molecule has 0 saturated heterocycles. The predicted molar refractivity (Wildman–Crippen MR) is 90.2 cm³/mol. The van der Waals surface area contributed by atoms with Crippen LogP contribution in [0.15, 0.2) is 34.2 Å². The van der Waals surface area contributed by atoms with Gasteiger partial charge in [-0.25, -0.2) is 0 Å². The summed E-state index contributed by atoms with van der Waals surface area (Å²) in [6, 6.07) is 7.23. The molecule has 0 atom stereocenters. The van der Waals surface area contributed by atoms with Crippen molar-refractivity contribution in [2.45, 2.75) is 19.8 Å². The molecule has 24 heavy (non-hydrogen) atoms. The maximum absolute atomic E-state index is 12.3. The molecule has 1 aromatic carbocycles. The fourth-order valence-electron chi connectivity index (χ4n) is 1.91. The van der Waals surface area contributed by atoms with Crippen LogP contribution in [0.3, 0.4) is 0 Å². The van der Waals surface area contributed by atoms with Crippen LogP contribution in [0.5, 0.6) is 5.75 Å². The van der Waals surface area contributed by atoms with Crippen LogP contribution in [0.1, 0.15) is 24.6 Å². The van der Waals surface area contributed by atoms with Crippen LogP contribution in [0.4, 0.5) is 0 Å². The average Bonchev–Trinajstić information content (AvgIpc) is 2.55. The topological polar surface area (TPSA) is 110 Å². The van der Waals surface area contributed by atoms with Crippen molar-refractivity contribution in [1.29, 1.82) is 0 Å². The van der Waals surface area contributed by atoms with Gasteiger partial charge >= 0.3 is 5.97 Å². The second kappa shape index (κ2) is 8.16. The Labute approximate surface area is 142 Å². The number of ether oxygens (including phenoxy) is 1. The number of aromatic nitrogens is 3. The third-order valence-corrected chi connectivity index (χ3v) is 3.29. The van der Waals surface area contributed by atoms with Gasteiger partial charge < -0.3 is 9.84 Å². The number of aromatic amines is 1. The standard InChI is InChI=1S/C15H16N4O4S/c1-2-23-12-6-4-3-5-10(12)9-16-19-14(22)11(7-8-13(20)21)17-18-15(19)24/h3-6,9H,2,7-8H2,1H3,(H,18,24)(H,20,21)/b16-9-. The van der Waals surface area contributed by atoms with E-state index in [4.69, 9.17) is 22.1 Å². The molecule has 1 aromatic heterocycles. The number of H-pyrrole nitrogens is 1. The molecular formula is C15H16N4O4S. The Morgan fingerprint density at radius 3 is 2.96 bits per heavy atom. The van der Waals surface area contributed by atoms with Gasteiger partial charge in [-0.15, -0.1) is 0 Å². The summed E-state index contributed by atoms with van der Waals surface area (Å²) in [7, 11) is 0. The average molecular weight is 348 g/mol. The summed E-state index contributed by atoms with van der Waals surface area (Å²) in [4.78, 5) is 22.9. The van der Waals surface area contributed by atoms with Crippen LogP contribution in [-0.2, 0) is 11.2 Å². The zero-order valence-corrected chi connectivity index (χ0v) is 13.7. The lowest BCUT2D eigenvalue weighted by Crippen LogP contribution is -2.25. The fourth-order valence-corrected chi connectivity index (χ4v) is 2.09. The normalized spacial score (nSPS) is 10.9. The molecule has 0 amide bonds. The summed E-state index contributed by atoms with van der Waals surface area (Å²) in [5, 5.41) is 19.1. The highest BCUT2D eigenvalue weighted by Gasteiger charge is 2.09. The lowest BCUT2D eigenvalue weighted by atomic mass is 10.2. The minimum Gasteiger partial charge on any atom is -0.493 e. The molecule has 0 aliphatic heterocycles. The molecule has 0 spiro atoms. The van der Waals surface area contributed by atoms with E-state index in [-0.39, 0.29) is 23.3 Å². The Morgan fingerprint density at radius 1 is 1.50 bits per heavy atom. The molecule has 9 heteroatoms. The van der Waals surface area contributed by atoms with Crippen LogP contribution in [-0.4, -0.2) is 38.8 Å². The predicted octanol–water partition coefficient (Wildman–Crippen LogP) is 1.60. The van der Waals surface area contributed by atoms with Gasteiger partial charge in [0.05, 0.1) is 19.2 Å². The second-order valence-corrected chi connectivity index (χ2v) is 5.09. The molecule has 2 rings (SSSR count). The zero-order chi connectivity index (χ0) is 17.5. The summed E-state index contributed by atoms with van der Waals surface area (Å²) in [6.45, 7) is 2.37. The van der Waals surface area contributed by atoms with E-state index in [9.17, 15) is 9.59 Å². The molecule has 2 N–H and O–H groups in total. The van der Waals surface area contributed by atoms with Crippen LogP contribution in [0.2, 0.25) is 0 Å². The van der Waals surface area contributed by atoms with Crippen molar-refractivity contribution in [2.75, 3.05) is 6.61 Å². The minimum absolute atomic E-state index is 0.00860. The lowest BCUT2D eigenvalue weighted by molar-refractivity contribution is -0.136. The first-order valence-corrected chi connectivity index (χ1v) is 7.62. The molecule has 0 bridgehead atoms. The van der Waals surface area contributed by atoms with E-state index in [1.807, 2.05) is 19.1 Å². The largest absolute Gasteiger partial charge is 0.493 e. The third-order valence-electron chi connectivity index (χ3n) is 3.02. The van der Waals surface area contributed by atoms with Crippen molar-refractivity contribution in [3.63, 3.8) is 0 Å². The Bertz CT molecular complexity index is 872. The number of carboxylic acids is 1. The molecule has 0 radical (unpaired) electrons. The molecule has 2 aromatic rings. The summed E-state index contributed by atoms with van der Waals surface area (Å²) in [5.74, 6) is -0.383. The number of aliphatic carboxylic acids is 1. The number of carboxylic acid groups (broad SMARTS) is 1. The third kappa shape index (κ3) is 4.35. The van der Waals surface area contributed by atoms with E-state index < -0.39 is 11.5 Å². The van der Waals surface area contributed by atoms with E-state index in [0.717, 1.165) is 4.68 Å². The second-order valence-electron chi connectivity index (χ2n) is 4.70. The number of hydrogen-bond acceptors (Lipinski definition) is 6. The maximum Gasteiger partial charge on any atom is 0.303 e. The first-order valence-electron chi connectivity index (χ1n) is 7.21. The van der Waals surface area contributed by atoms with Crippen molar-refractivity contribution in [1.82, 2.24) is 14.9 Å². The molecule has 0 fully saturated rings. The number of para-hydroxylation sites is 1. The van der Waals surface area contributed by atoms with E-state index in [1.165, 1.54) is 6.21 Å². The van der Waals surface area contributed by atoms with Gasteiger partial charge in [0.25, 0.3) is 5.56 Å². The highest BCUT2D eigenvalue weighted by atomic mass is 32.1. The number of benzene rings is 1. The molecule has 0 aliphatic rings. The Balaban J connectivity index is 2.36. The Hall–Kier alpha value is -2.81. The molecule has 8 nitrogen and oxygen atoms in total. The van der Waals surface area contributed by atoms with Gasteiger partial charge in [0, 0.05) is 12.0 Å². The molecular weight excluding hydrogens is 332 g/mol. The smallest absolute Gasteiger partial charge is 0.303 e. The van der Waals surface area contributed by atoms with Crippen molar-refractivity contribution in [3.05, 3.63) is 50.6 Å². The molecule has 126 valence electrons. The zero-order valence-electron chi connectivity index (χ0n) is 12.9. The van der Waals surface area contributed by atoms with Crippen molar-refractivity contribution in [3.8, 4) is 5.75 Å². The van der Waals surface area contributed by atoms with Crippen molar-refractivity contribution >= 4 is 24.4 Å². The van der Waals surface area contributed by atoms with Gasteiger partial charge in [-0.3, -0.25) is 14.7 Å². The number of nitrogens with one attached hydrogen (secondary N) is 1. The van der Waals surface area contributed by atoms with Gasteiger partial charge in [0.1, 0.15) is 11.4 Å². The molecule has 0 aliphatic carbocycles. The lowest BCUT2D eigenvalue weighted by Gasteiger charge is -2.06. The highest BCUT2D eigenvalue weighted by Crippen LogP contribution is 2.15. The van der Waals surface area contributed by atoms with Gasteiger partial charge in [0.15, 0.2) is 0 Å². The minimum atomic E-state index is -1.01.